The minimum Gasteiger partial charge on any atom is -0.336 e. The molecule has 5 nitrogen and oxygen atoms in total. The number of amides is 1. The highest BCUT2D eigenvalue weighted by molar-refractivity contribution is 7.89. The summed E-state index contributed by atoms with van der Waals surface area (Å²) in [6, 6.07) is 19.9. The summed E-state index contributed by atoms with van der Waals surface area (Å²) in [7, 11) is -4.33. The van der Waals surface area contributed by atoms with Crippen molar-refractivity contribution in [3.8, 4) is 11.1 Å². The van der Waals surface area contributed by atoms with Gasteiger partial charge in [-0.2, -0.15) is 4.31 Å². The number of hydrogen-bond acceptors (Lipinski definition) is 3. The van der Waals surface area contributed by atoms with Crippen molar-refractivity contribution >= 4 is 15.9 Å². The Morgan fingerprint density at radius 3 is 1.84 bits per heavy atom. The maximum atomic E-state index is 14.0. The third kappa shape index (κ3) is 4.22. The van der Waals surface area contributed by atoms with Gasteiger partial charge in [-0.15, -0.1) is 0 Å². The van der Waals surface area contributed by atoms with Crippen molar-refractivity contribution in [2.45, 2.75) is 4.90 Å². The van der Waals surface area contributed by atoms with Crippen LogP contribution in [0.4, 0.5) is 8.78 Å². The molecule has 160 valence electrons. The quantitative estimate of drug-likeness (QED) is 0.618. The molecule has 0 bridgehead atoms. The number of rotatable bonds is 4. The number of sulfonamides is 1. The molecule has 1 heterocycles. The van der Waals surface area contributed by atoms with Gasteiger partial charge in [-0.05, 0) is 35.4 Å². The molecule has 1 aliphatic rings. The molecule has 1 saturated heterocycles. The summed E-state index contributed by atoms with van der Waals surface area (Å²) in [5.41, 5.74) is 2.52. The summed E-state index contributed by atoms with van der Waals surface area (Å²) in [5.74, 6) is -2.47. The Morgan fingerprint density at radius 1 is 0.710 bits per heavy atom. The van der Waals surface area contributed by atoms with Crippen LogP contribution < -0.4 is 0 Å². The predicted octanol–water partition coefficient (Wildman–Crippen LogP) is 3.78. The van der Waals surface area contributed by atoms with Gasteiger partial charge in [-0.3, -0.25) is 4.79 Å². The topological polar surface area (TPSA) is 57.7 Å². The van der Waals surface area contributed by atoms with Crippen LogP contribution in [0, 0.1) is 11.6 Å². The minimum atomic E-state index is -4.33. The van der Waals surface area contributed by atoms with E-state index in [1.165, 1.54) is 0 Å². The van der Waals surface area contributed by atoms with Crippen LogP contribution in [0.2, 0.25) is 0 Å². The van der Waals surface area contributed by atoms with Crippen molar-refractivity contribution in [1.29, 1.82) is 0 Å². The lowest BCUT2D eigenvalue weighted by Crippen LogP contribution is -2.50. The van der Waals surface area contributed by atoms with E-state index in [1.54, 1.807) is 17.0 Å². The van der Waals surface area contributed by atoms with Crippen molar-refractivity contribution in [2.24, 2.45) is 0 Å². The predicted molar refractivity (Wildman–Crippen MR) is 113 cm³/mol. The highest BCUT2D eigenvalue weighted by Crippen LogP contribution is 2.24. The van der Waals surface area contributed by atoms with E-state index in [2.05, 4.69) is 0 Å². The van der Waals surface area contributed by atoms with Crippen LogP contribution in [0.3, 0.4) is 0 Å². The standard InChI is InChI=1S/C23H20F2N2O3S/c24-20-7-4-8-21(25)22(20)31(29,30)27-15-13-26(14-16-27)23(28)19-11-9-18(10-12-19)17-5-2-1-3-6-17/h1-12H,13-16H2. The third-order valence-electron chi connectivity index (χ3n) is 5.28. The smallest absolute Gasteiger partial charge is 0.253 e. The molecule has 0 aliphatic carbocycles. The number of carbonyl (C=O) groups is 1. The number of halogens is 2. The van der Waals surface area contributed by atoms with Gasteiger partial charge in [0.2, 0.25) is 10.0 Å². The van der Waals surface area contributed by atoms with E-state index in [-0.39, 0.29) is 32.1 Å². The Kier molecular flexibility index (Phi) is 5.84. The van der Waals surface area contributed by atoms with Crippen molar-refractivity contribution in [3.05, 3.63) is 90.0 Å². The van der Waals surface area contributed by atoms with Gasteiger partial charge in [0, 0.05) is 31.7 Å². The second-order valence-corrected chi connectivity index (χ2v) is 9.07. The first kappa shape index (κ1) is 21.1. The maximum absolute atomic E-state index is 14.0. The Hall–Kier alpha value is -3.10. The largest absolute Gasteiger partial charge is 0.336 e. The summed E-state index contributed by atoms with van der Waals surface area (Å²) >= 11 is 0. The molecule has 0 saturated carbocycles. The van der Waals surface area contributed by atoms with Crippen molar-refractivity contribution in [3.63, 3.8) is 0 Å². The molecule has 1 amide bonds. The van der Waals surface area contributed by atoms with Gasteiger partial charge in [0.25, 0.3) is 5.91 Å². The van der Waals surface area contributed by atoms with Crippen molar-refractivity contribution in [2.75, 3.05) is 26.2 Å². The second-order valence-electron chi connectivity index (χ2n) is 7.19. The molecule has 0 radical (unpaired) electrons. The third-order valence-corrected chi connectivity index (χ3v) is 7.23. The van der Waals surface area contributed by atoms with Crippen LogP contribution in [0.25, 0.3) is 11.1 Å². The van der Waals surface area contributed by atoms with Crippen LogP contribution in [-0.2, 0) is 10.0 Å². The molecular formula is C23H20F2N2O3S. The molecule has 3 aromatic carbocycles. The lowest BCUT2D eigenvalue weighted by atomic mass is 10.0. The van der Waals surface area contributed by atoms with Crippen LogP contribution >= 0.6 is 0 Å². The number of hydrogen-bond donors (Lipinski definition) is 0. The van der Waals surface area contributed by atoms with E-state index < -0.39 is 26.6 Å². The monoisotopic (exact) mass is 442 g/mol. The molecule has 0 spiro atoms. The van der Waals surface area contributed by atoms with Gasteiger partial charge in [0.15, 0.2) is 4.90 Å². The zero-order valence-corrected chi connectivity index (χ0v) is 17.4. The lowest BCUT2D eigenvalue weighted by Gasteiger charge is -2.34. The second kappa shape index (κ2) is 8.56. The van der Waals surface area contributed by atoms with E-state index in [1.807, 2.05) is 42.5 Å². The minimum absolute atomic E-state index is 0.0378. The molecule has 0 atom stereocenters. The zero-order valence-electron chi connectivity index (χ0n) is 16.5. The molecule has 0 N–H and O–H groups in total. The van der Waals surface area contributed by atoms with Crippen LogP contribution in [0.1, 0.15) is 10.4 Å². The van der Waals surface area contributed by atoms with Gasteiger partial charge in [-0.25, -0.2) is 17.2 Å². The van der Waals surface area contributed by atoms with E-state index in [9.17, 15) is 22.0 Å². The molecule has 8 heteroatoms. The van der Waals surface area contributed by atoms with Crippen LogP contribution in [-0.4, -0.2) is 49.7 Å². The van der Waals surface area contributed by atoms with E-state index in [4.69, 9.17) is 0 Å². The Labute approximate surface area is 179 Å². The summed E-state index contributed by atoms with van der Waals surface area (Å²) in [5, 5.41) is 0. The molecule has 1 aliphatic heterocycles. The summed E-state index contributed by atoms with van der Waals surface area (Å²) in [4.78, 5) is 13.4. The Balaban J connectivity index is 1.44. The van der Waals surface area contributed by atoms with E-state index in [0.29, 0.717) is 5.56 Å². The zero-order chi connectivity index (χ0) is 22.0. The molecule has 31 heavy (non-hydrogen) atoms. The van der Waals surface area contributed by atoms with Crippen LogP contribution in [0.5, 0.6) is 0 Å². The summed E-state index contributed by atoms with van der Waals surface area (Å²) in [6.45, 7) is 0.192. The van der Waals surface area contributed by atoms with Gasteiger partial charge in [0.05, 0.1) is 0 Å². The SMILES string of the molecule is O=C(c1ccc(-c2ccccc2)cc1)N1CCN(S(=O)(=O)c2c(F)cccc2F)CC1. The highest BCUT2D eigenvalue weighted by atomic mass is 32.2. The number of piperazine rings is 1. The molecular weight excluding hydrogens is 422 g/mol. The molecule has 0 unspecified atom stereocenters. The fraction of sp³-hybridized carbons (Fsp3) is 0.174. The summed E-state index contributed by atoms with van der Waals surface area (Å²) in [6.07, 6.45) is 0. The molecule has 1 fully saturated rings. The van der Waals surface area contributed by atoms with Gasteiger partial charge in [0.1, 0.15) is 11.6 Å². The first-order chi connectivity index (χ1) is 14.9. The Morgan fingerprint density at radius 2 is 1.26 bits per heavy atom. The molecule has 3 aromatic rings. The maximum Gasteiger partial charge on any atom is 0.253 e. The number of carbonyl (C=O) groups excluding carboxylic acids is 1. The summed E-state index contributed by atoms with van der Waals surface area (Å²) < 4.78 is 54.3. The molecule has 4 rings (SSSR count). The fourth-order valence-corrected chi connectivity index (χ4v) is 5.14. The van der Waals surface area contributed by atoms with Crippen molar-refractivity contribution in [1.82, 2.24) is 9.21 Å². The lowest BCUT2D eigenvalue weighted by molar-refractivity contribution is 0.0697. The first-order valence-corrected chi connectivity index (χ1v) is 11.2. The highest BCUT2D eigenvalue weighted by Gasteiger charge is 2.34. The Bertz CT molecular complexity index is 1170. The van der Waals surface area contributed by atoms with E-state index in [0.717, 1.165) is 33.6 Å². The normalized spacial score (nSPS) is 15.1. The number of nitrogens with zero attached hydrogens (tertiary/aromatic N) is 2. The van der Waals surface area contributed by atoms with Gasteiger partial charge in [-0.1, -0.05) is 48.5 Å². The van der Waals surface area contributed by atoms with Gasteiger partial charge < -0.3 is 4.90 Å². The van der Waals surface area contributed by atoms with Crippen molar-refractivity contribution < 1.29 is 22.0 Å². The molecule has 0 aromatic heterocycles. The first-order valence-electron chi connectivity index (χ1n) is 9.77. The van der Waals surface area contributed by atoms with Crippen LogP contribution in [0.15, 0.2) is 77.7 Å². The average molecular weight is 442 g/mol. The average Bonchev–Trinajstić information content (AvgIpc) is 2.79. The number of benzene rings is 3. The fourth-order valence-electron chi connectivity index (χ4n) is 3.61. The van der Waals surface area contributed by atoms with Gasteiger partial charge >= 0.3 is 0 Å². The van der Waals surface area contributed by atoms with E-state index >= 15 is 0 Å².